The SMILES string of the molecule is CCNC(=NCc1oc2ccccc2c1C)NCCc1nc(C(F)(F)F)cs1.I. The molecule has 0 aliphatic carbocycles. The van der Waals surface area contributed by atoms with Crippen molar-refractivity contribution in [3.05, 3.63) is 51.7 Å². The van der Waals surface area contributed by atoms with Crippen LogP contribution in [0.5, 0.6) is 0 Å². The van der Waals surface area contributed by atoms with Crippen LogP contribution in [0.25, 0.3) is 11.0 Å². The maximum atomic E-state index is 12.6. The fraction of sp³-hybridized carbons (Fsp3) is 0.368. The number of aliphatic imine (C=N–C) groups is 1. The van der Waals surface area contributed by atoms with Gasteiger partial charge in [0.25, 0.3) is 0 Å². The summed E-state index contributed by atoms with van der Waals surface area (Å²) >= 11 is 1.01. The van der Waals surface area contributed by atoms with Gasteiger partial charge in [-0.05, 0) is 19.9 Å². The highest BCUT2D eigenvalue weighted by atomic mass is 127. The second kappa shape index (κ2) is 10.3. The summed E-state index contributed by atoms with van der Waals surface area (Å²) in [7, 11) is 0. The average Bonchev–Trinajstić information content (AvgIpc) is 3.25. The lowest BCUT2D eigenvalue weighted by Crippen LogP contribution is -2.38. The normalized spacial score (nSPS) is 12.1. The monoisotopic (exact) mass is 538 g/mol. The Labute approximate surface area is 187 Å². The van der Waals surface area contributed by atoms with Crippen molar-refractivity contribution in [2.45, 2.75) is 33.0 Å². The van der Waals surface area contributed by atoms with Crippen LogP contribution in [0.3, 0.4) is 0 Å². The summed E-state index contributed by atoms with van der Waals surface area (Å²) in [6.07, 6.45) is -4.02. The van der Waals surface area contributed by atoms with E-state index in [1.165, 1.54) is 0 Å². The van der Waals surface area contributed by atoms with E-state index in [0.29, 0.717) is 37.0 Å². The molecule has 2 heterocycles. The van der Waals surface area contributed by atoms with E-state index < -0.39 is 11.9 Å². The first-order chi connectivity index (χ1) is 13.4. The fourth-order valence-electron chi connectivity index (χ4n) is 2.71. The summed E-state index contributed by atoms with van der Waals surface area (Å²) in [5, 5.41) is 8.78. The van der Waals surface area contributed by atoms with Crippen LogP contribution in [-0.2, 0) is 19.1 Å². The number of furan rings is 1. The van der Waals surface area contributed by atoms with E-state index >= 15 is 0 Å². The van der Waals surface area contributed by atoms with Crippen molar-refractivity contribution in [2.24, 2.45) is 4.99 Å². The molecule has 0 aliphatic rings. The van der Waals surface area contributed by atoms with Gasteiger partial charge in [-0.15, -0.1) is 35.3 Å². The van der Waals surface area contributed by atoms with Crippen molar-refractivity contribution in [3.63, 3.8) is 0 Å². The highest BCUT2D eigenvalue weighted by Crippen LogP contribution is 2.30. The Hall–Kier alpha value is -1.82. The van der Waals surface area contributed by atoms with Crippen LogP contribution in [0.4, 0.5) is 13.2 Å². The Kier molecular flexibility index (Phi) is 8.32. The van der Waals surface area contributed by atoms with Gasteiger partial charge in [0, 0.05) is 35.8 Å². The predicted octanol–water partition coefficient (Wildman–Crippen LogP) is 5.13. The second-order valence-corrected chi connectivity index (χ2v) is 7.09. The van der Waals surface area contributed by atoms with Crippen molar-refractivity contribution < 1.29 is 17.6 Å². The number of benzene rings is 1. The number of aryl methyl sites for hydroxylation is 1. The van der Waals surface area contributed by atoms with Crippen molar-refractivity contribution in [1.82, 2.24) is 15.6 Å². The van der Waals surface area contributed by atoms with E-state index in [2.05, 4.69) is 20.6 Å². The van der Waals surface area contributed by atoms with E-state index in [4.69, 9.17) is 4.42 Å². The van der Waals surface area contributed by atoms with Crippen LogP contribution in [-0.4, -0.2) is 24.0 Å². The third-order valence-electron chi connectivity index (χ3n) is 4.14. The predicted molar refractivity (Wildman–Crippen MR) is 120 cm³/mol. The third kappa shape index (κ3) is 6.08. The highest BCUT2D eigenvalue weighted by Gasteiger charge is 2.33. The molecule has 0 saturated heterocycles. The molecule has 0 spiro atoms. The number of para-hydroxylation sites is 1. The smallest absolute Gasteiger partial charge is 0.434 e. The van der Waals surface area contributed by atoms with Gasteiger partial charge in [0.05, 0.1) is 5.01 Å². The minimum absolute atomic E-state index is 0. The largest absolute Gasteiger partial charge is 0.459 e. The van der Waals surface area contributed by atoms with Gasteiger partial charge in [0.15, 0.2) is 11.7 Å². The highest BCUT2D eigenvalue weighted by molar-refractivity contribution is 14.0. The molecule has 0 unspecified atom stereocenters. The maximum Gasteiger partial charge on any atom is 0.434 e. The molecule has 29 heavy (non-hydrogen) atoms. The zero-order valence-electron chi connectivity index (χ0n) is 16.0. The summed E-state index contributed by atoms with van der Waals surface area (Å²) in [5.74, 6) is 1.36. The van der Waals surface area contributed by atoms with Gasteiger partial charge in [-0.3, -0.25) is 0 Å². The molecule has 1 aromatic carbocycles. The number of guanidine groups is 1. The number of fused-ring (bicyclic) bond motifs is 1. The Morgan fingerprint density at radius 1 is 1.24 bits per heavy atom. The van der Waals surface area contributed by atoms with Gasteiger partial charge >= 0.3 is 6.18 Å². The van der Waals surface area contributed by atoms with E-state index in [1.807, 2.05) is 38.1 Å². The molecule has 0 saturated carbocycles. The van der Waals surface area contributed by atoms with Crippen LogP contribution in [0.1, 0.15) is 28.9 Å². The number of hydrogen-bond acceptors (Lipinski definition) is 4. The van der Waals surface area contributed by atoms with Gasteiger partial charge in [0.2, 0.25) is 0 Å². The Balaban J connectivity index is 0.00000300. The molecule has 10 heteroatoms. The van der Waals surface area contributed by atoms with Crippen molar-refractivity contribution in [3.8, 4) is 0 Å². The molecule has 0 aliphatic heterocycles. The van der Waals surface area contributed by atoms with Crippen LogP contribution in [0, 0.1) is 6.92 Å². The van der Waals surface area contributed by atoms with Crippen LogP contribution >= 0.6 is 35.3 Å². The van der Waals surface area contributed by atoms with Crippen molar-refractivity contribution in [1.29, 1.82) is 0 Å². The molecule has 3 aromatic rings. The summed E-state index contributed by atoms with van der Waals surface area (Å²) in [5.41, 5.74) is 1.04. The standard InChI is InChI=1S/C19H21F3N4OS.HI/c1-3-23-18(24-9-8-17-26-16(11-28-17)19(20,21)22)25-10-15-12(2)13-6-4-5-7-14(13)27-15;/h4-7,11H,3,8-10H2,1-2H3,(H2,23,24,25);1H. The van der Waals surface area contributed by atoms with Crippen molar-refractivity contribution in [2.75, 3.05) is 13.1 Å². The van der Waals surface area contributed by atoms with Gasteiger partial charge in [0.1, 0.15) is 17.9 Å². The molecule has 158 valence electrons. The molecule has 0 atom stereocenters. The molecule has 0 amide bonds. The summed E-state index contributed by atoms with van der Waals surface area (Å²) < 4.78 is 43.7. The number of thiazole rings is 1. The van der Waals surface area contributed by atoms with Crippen LogP contribution in [0.15, 0.2) is 39.1 Å². The molecule has 3 rings (SSSR count). The zero-order valence-corrected chi connectivity index (χ0v) is 19.1. The number of hydrogen-bond donors (Lipinski definition) is 2. The molecular formula is C19H22F3IN4OS. The van der Waals surface area contributed by atoms with Crippen LogP contribution in [0.2, 0.25) is 0 Å². The Bertz CT molecular complexity index is 968. The minimum atomic E-state index is -4.40. The lowest BCUT2D eigenvalue weighted by molar-refractivity contribution is -0.140. The molecule has 5 nitrogen and oxygen atoms in total. The van der Waals surface area contributed by atoms with Gasteiger partial charge in [-0.1, -0.05) is 18.2 Å². The summed E-state index contributed by atoms with van der Waals surface area (Å²) in [6.45, 7) is 5.40. The first kappa shape index (κ1) is 23.5. The van der Waals surface area contributed by atoms with E-state index in [0.717, 1.165) is 39.0 Å². The minimum Gasteiger partial charge on any atom is -0.459 e. The third-order valence-corrected chi connectivity index (χ3v) is 5.05. The first-order valence-electron chi connectivity index (χ1n) is 8.89. The number of alkyl halides is 3. The summed E-state index contributed by atoms with van der Waals surface area (Å²) in [6, 6.07) is 7.81. The van der Waals surface area contributed by atoms with E-state index in [1.54, 1.807) is 0 Å². The molecule has 0 radical (unpaired) electrons. The Morgan fingerprint density at radius 3 is 2.66 bits per heavy atom. The van der Waals surface area contributed by atoms with Crippen molar-refractivity contribution >= 4 is 52.2 Å². The quantitative estimate of drug-likeness (QED) is 0.260. The lowest BCUT2D eigenvalue weighted by Gasteiger charge is -2.10. The number of nitrogens with zero attached hydrogens (tertiary/aromatic N) is 2. The van der Waals surface area contributed by atoms with Crippen LogP contribution < -0.4 is 10.6 Å². The Morgan fingerprint density at radius 2 is 2.00 bits per heavy atom. The molecular weight excluding hydrogens is 516 g/mol. The molecule has 0 fully saturated rings. The van der Waals surface area contributed by atoms with E-state index in [9.17, 15) is 13.2 Å². The van der Waals surface area contributed by atoms with Gasteiger partial charge in [-0.25, -0.2) is 9.98 Å². The second-order valence-electron chi connectivity index (χ2n) is 6.14. The maximum absolute atomic E-state index is 12.6. The molecule has 0 bridgehead atoms. The van der Waals surface area contributed by atoms with Gasteiger partial charge < -0.3 is 15.1 Å². The number of halogens is 4. The zero-order chi connectivity index (χ0) is 20.1. The number of nitrogens with one attached hydrogen (secondary N) is 2. The van der Waals surface area contributed by atoms with Gasteiger partial charge in [-0.2, -0.15) is 13.2 Å². The average molecular weight is 538 g/mol. The fourth-order valence-corrected chi connectivity index (χ4v) is 3.52. The molecule has 2 N–H and O–H groups in total. The number of aromatic nitrogens is 1. The first-order valence-corrected chi connectivity index (χ1v) is 9.77. The number of rotatable bonds is 6. The summed E-state index contributed by atoms with van der Waals surface area (Å²) in [4.78, 5) is 8.15. The lowest BCUT2D eigenvalue weighted by atomic mass is 10.1. The topological polar surface area (TPSA) is 62.5 Å². The van der Waals surface area contributed by atoms with E-state index in [-0.39, 0.29) is 24.0 Å². The molecule has 2 aromatic heterocycles.